The van der Waals surface area contributed by atoms with Gasteiger partial charge in [-0.25, -0.2) is 8.42 Å². The molecular formula is C15H24N2O3S. The first-order valence-corrected chi connectivity index (χ1v) is 8.85. The molecule has 0 bridgehead atoms. The Balaban J connectivity index is 3.18. The lowest BCUT2D eigenvalue weighted by molar-refractivity contribution is -0.125. The highest BCUT2D eigenvalue weighted by Crippen LogP contribution is 2.29. The summed E-state index contributed by atoms with van der Waals surface area (Å²) >= 11 is 0. The fourth-order valence-electron chi connectivity index (χ4n) is 2.20. The topological polar surface area (TPSA) is 89.3 Å². The van der Waals surface area contributed by atoms with Crippen molar-refractivity contribution in [2.24, 2.45) is 11.1 Å². The first-order valence-electron chi connectivity index (χ1n) is 7.20. The Morgan fingerprint density at radius 1 is 1.19 bits per heavy atom. The van der Waals surface area contributed by atoms with Crippen molar-refractivity contribution in [1.82, 2.24) is 0 Å². The summed E-state index contributed by atoms with van der Waals surface area (Å²) in [6, 6.07) is 6.46. The third-order valence-electron chi connectivity index (χ3n) is 4.08. The lowest BCUT2D eigenvalue weighted by Crippen LogP contribution is -2.41. The summed E-state index contributed by atoms with van der Waals surface area (Å²) in [5, 5.41) is 2.75. The van der Waals surface area contributed by atoms with Crippen LogP contribution < -0.4 is 11.1 Å². The zero-order valence-corrected chi connectivity index (χ0v) is 13.7. The van der Waals surface area contributed by atoms with Crippen LogP contribution in [0.2, 0.25) is 0 Å². The van der Waals surface area contributed by atoms with E-state index in [-0.39, 0.29) is 23.1 Å². The largest absolute Gasteiger partial charge is 0.329 e. The van der Waals surface area contributed by atoms with Gasteiger partial charge in [0.25, 0.3) is 0 Å². The van der Waals surface area contributed by atoms with Gasteiger partial charge in [-0.1, -0.05) is 32.9 Å². The van der Waals surface area contributed by atoms with Crippen molar-refractivity contribution >= 4 is 21.4 Å². The van der Waals surface area contributed by atoms with E-state index in [1.165, 1.54) is 6.07 Å². The highest BCUT2D eigenvalue weighted by atomic mass is 32.2. The molecule has 1 amide bonds. The zero-order valence-electron chi connectivity index (χ0n) is 12.8. The third kappa shape index (κ3) is 3.63. The van der Waals surface area contributed by atoms with Gasteiger partial charge >= 0.3 is 0 Å². The van der Waals surface area contributed by atoms with Crippen LogP contribution in [0.1, 0.15) is 33.6 Å². The maximum Gasteiger partial charge on any atom is 0.231 e. The number of nitrogens with two attached hydrogens (primary N) is 1. The Hall–Kier alpha value is -1.40. The van der Waals surface area contributed by atoms with Gasteiger partial charge in [0.2, 0.25) is 5.91 Å². The van der Waals surface area contributed by atoms with E-state index in [0.29, 0.717) is 18.5 Å². The van der Waals surface area contributed by atoms with Crippen molar-refractivity contribution in [3.05, 3.63) is 24.3 Å². The molecule has 1 aromatic rings. The molecule has 0 radical (unpaired) electrons. The minimum atomic E-state index is -3.39. The van der Waals surface area contributed by atoms with Crippen LogP contribution >= 0.6 is 0 Å². The maximum absolute atomic E-state index is 12.5. The minimum absolute atomic E-state index is 0.0104. The Morgan fingerprint density at radius 3 is 2.24 bits per heavy atom. The molecule has 0 spiro atoms. The van der Waals surface area contributed by atoms with Gasteiger partial charge in [-0.05, 0) is 25.0 Å². The van der Waals surface area contributed by atoms with E-state index < -0.39 is 15.3 Å². The number of rotatable bonds is 7. The molecule has 0 aliphatic heterocycles. The Morgan fingerprint density at radius 2 is 1.76 bits per heavy atom. The van der Waals surface area contributed by atoms with Crippen LogP contribution in [0.4, 0.5) is 5.69 Å². The highest BCUT2D eigenvalue weighted by molar-refractivity contribution is 7.91. The van der Waals surface area contributed by atoms with Crippen LogP contribution in [-0.4, -0.2) is 26.6 Å². The van der Waals surface area contributed by atoms with E-state index in [0.717, 1.165) is 0 Å². The molecule has 21 heavy (non-hydrogen) atoms. The number of benzene rings is 1. The van der Waals surface area contributed by atoms with Crippen LogP contribution in [0.15, 0.2) is 29.2 Å². The predicted octanol–water partition coefficient (Wildman–Crippen LogP) is 2.18. The summed E-state index contributed by atoms with van der Waals surface area (Å²) in [7, 11) is -3.39. The van der Waals surface area contributed by atoms with Crippen LogP contribution in [0, 0.1) is 5.41 Å². The van der Waals surface area contributed by atoms with Crippen molar-refractivity contribution in [1.29, 1.82) is 0 Å². The summed E-state index contributed by atoms with van der Waals surface area (Å²) in [6.45, 7) is 5.62. The number of carbonyl (C=O) groups excluding carboxylic acids is 1. The molecule has 0 saturated heterocycles. The lowest BCUT2D eigenvalue weighted by atomic mass is 9.81. The monoisotopic (exact) mass is 312 g/mol. The smallest absolute Gasteiger partial charge is 0.231 e. The summed E-state index contributed by atoms with van der Waals surface area (Å²) in [5.74, 6) is -0.238. The maximum atomic E-state index is 12.5. The number of hydrogen-bond donors (Lipinski definition) is 2. The number of anilines is 1. The predicted molar refractivity (Wildman–Crippen MR) is 84.9 cm³/mol. The van der Waals surface area contributed by atoms with E-state index in [2.05, 4.69) is 5.32 Å². The normalized spacial score (nSPS) is 12.2. The van der Waals surface area contributed by atoms with E-state index in [9.17, 15) is 13.2 Å². The molecule has 1 rings (SSSR count). The van der Waals surface area contributed by atoms with Gasteiger partial charge in [0.1, 0.15) is 0 Å². The summed E-state index contributed by atoms with van der Waals surface area (Å²) in [5.41, 5.74) is 5.41. The van der Waals surface area contributed by atoms with Gasteiger partial charge in [0.05, 0.1) is 21.8 Å². The molecule has 5 nitrogen and oxygen atoms in total. The van der Waals surface area contributed by atoms with Crippen molar-refractivity contribution in [3.8, 4) is 0 Å². The molecule has 0 saturated carbocycles. The van der Waals surface area contributed by atoms with Gasteiger partial charge < -0.3 is 11.1 Å². The molecule has 1 aromatic carbocycles. The van der Waals surface area contributed by atoms with Gasteiger partial charge in [-0.2, -0.15) is 0 Å². The standard InChI is InChI=1S/C15H24N2O3S/c1-4-15(5-2,11-16)14(18)17-12-9-7-8-10-13(12)21(19,20)6-3/h7-10H,4-6,11,16H2,1-3H3,(H,17,18). The van der Waals surface area contributed by atoms with Crippen LogP contribution in [0.3, 0.4) is 0 Å². The summed E-state index contributed by atoms with van der Waals surface area (Å²) in [4.78, 5) is 12.7. The molecule has 118 valence electrons. The molecule has 0 heterocycles. The summed E-state index contributed by atoms with van der Waals surface area (Å²) in [6.07, 6.45) is 1.21. The molecule has 0 aliphatic rings. The SMILES string of the molecule is CCC(CC)(CN)C(=O)Nc1ccccc1S(=O)(=O)CC. The quantitative estimate of drug-likeness (QED) is 0.807. The Kier molecular flexibility index (Phi) is 5.92. The van der Waals surface area contributed by atoms with E-state index >= 15 is 0 Å². The van der Waals surface area contributed by atoms with E-state index in [1.54, 1.807) is 25.1 Å². The third-order valence-corrected chi connectivity index (χ3v) is 5.86. The van der Waals surface area contributed by atoms with Crippen LogP contribution in [0.5, 0.6) is 0 Å². The average molecular weight is 312 g/mol. The van der Waals surface area contributed by atoms with Crippen LogP contribution in [-0.2, 0) is 14.6 Å². The fraction of sp³-hybridized carbons (Fsp3) is 0.533. The Labute approximate surface area is 126 Å². The number of nitrogens with one attached hydrogen (secondary N) is 1. The first kappa shape index (κ1) is 17.7. The van der Waals surface area contributed by atoms with Crippen molar-refractivity contribution in [2.75, 3.05) is 17.6 Å². The van der Waals surface area contributed by atoms with Gasteiger partial charge in [-0.3, -0.25) is 4.79 Å². The van der Waals surface area contributed by atoms with Crippen molar-refractivity contribution in [2.45, 2.75) is 38.5 Å². The second-order valence-corrected chi connectivity index (χ2v) is 7.29. The van der Waals surface area contributed by atoms with Crippen LogP contribution in [0.25, 0.3) is 0 Å². The molecule has 0 aliphatic carbocycles. The number of sulfone groups is 1. The molecule has 0 aromatic heterocycles. The average Bonchev–Trinajstić information content (AvgIpc) is 2.50. The van der Waals surface area contributed by atoms with Gasteiger partial charge in [0, 0.05) is 6.54 Å². The molecule has 0 atom stereocenters. The molecular weight excluding hydrogens is 288 g/mol. The molecule has 0 fully saturated rings. The summed E-state index contributed by atoms with van der Waals surface area (Å²) < 4.78 is 24.2. The molecule has 3 N–H and O–H groups in total. The number of amides is 1. The minimum Gasteiger partial charge on any atom is -0.329 e. The lowest BCUT2D eigenvalue weighted by Gasteiger charge is -2.28. The second kappa shape index (κ2) is 7.04. The fourth-order valence-corrected chi connectivity index (χ4v) is 3.26. The molecule has 0 unspecified atom stereocenters. The van der Waals surface area contributed by atoms with E-state index in [4.69, 9.17) is 5.73 Å². The number of para-hydroxylation sites is 1. The second-order valence-electron chi connectivity index (χ2n) is 5.05. The highest BCUT2D eigenvalue weighted by Gasteiger charge is 2.34. The number of hydrogen-bond acceptors (Lipinski definition) is 4. The van der Waals surface area contributed by atoms with Gasteiger partial charge in [0.15, 0.2) is 9.84 Å². The Bertz CT molecular complexity index is 584. The van der Waals surface area contributed by atoms with Gasteiger partial charge in [-0.15, -0.1) is 0 Å². The first-order chi connectivity index (χ1) is 9.86. The van der Waals surface area contributed by atoms with Crippen molar-refractivity contribution < 1.29 is 13.2 Å². The van der Waals surface area contributed by atoms with Crippen molar-refractivity contribution in [3.63, 3.8) is 0 Å². The molecule has 6 heteroatoms. The van der Waals surface area contributed by atoms with E-state index in [1.807, 2.05) is 13.8 Å². The zero-order chi connectivity index (χ0) is 16.1. The number of carbonyl (C=O) groups is 1.